The van der Waals surface area contributed by atoms with Gasteiger partial charge in [0.15, 0.2) is 17.4 Å². The first-order valence-electron chi connectivity index (χ1n) is 10.1. The zero-order chi connectivity index (χ0) is 23.5. The second kappa shape index (κ2) is 9.94. The summed E-state index contributed by atoms with van der Waals surface area (Å²) in [6, 6.07) is 5.29. The van der Waals surface area contributed by atoms with E-state index in [2.05, 4.69) is 11.7 Å². The van der Waals surface area contributed by atoms with Crippen molar-refractivity contribution in [2.24, 2.45) is 5.92 Å². The van der Waals surface area contributed by atoms with Crippen LogP contribution >= 0.6 is 0 Å². The lowest BCUT2D eigenvalue weighted by Gasteiger charge is -2.29. The Morgan fingerprint density at radius 3 is 2.28 bits per heavy atom. The average molecular weight is 462 g/mol. The number of alkyl halides is 2. The van der Waals surface area contributed by atoms with Crippen LogP contribution in [-0.4, -0.2) is 12.7 Å². The second-order valence-electron chi connectivity index (χ2n) is 7.66. The van der Waals surface area contributed by atoms with Gasteiger partial charge in [-0.05, 0) is 54.5 Å². The van der Waals surface area contributed by atoms with Crippen LogP contribution in [0.3, 0.4) is 0 Å². The third-order valence-electron chi connectivity index (χ3n) is 5.26. The molecular weight excluding hydrogens is 441 g/mol. The summed E-state index contributed by atoms with van der Waals surface area (Å²) >= 11 is 0. The summed E-state index contributed by atoms with van der Waals surface area (Å²) in [7, 11) is 0. The molecule has 2 unspecified atom stereocenters. The van der Waals surface area contributed by atoms with Gasteiger partial charge in [0.2, 0.25) is 0 Å². The van der Waals surface area contributed by atoms with E-state index >= 15 is 0 Å². The predicted octanol–water partition coefficient (Wildman–Crippen LogP) is 7.79. The monoisotopic (exact) mass is 462 g/mol. The van der Waals surface area contributed by atoms with Crippen molar-refractivity contribution in [3.05, 3.63) is 65.5 Å². The highest BCUT2D eigenvalue weighted by atomic mass is 19.3. The topological polar surface area (TPSA) is 18.5 Å². The maximum atomic E-state index is 14.7. The first-order chi connectivity index (χ1) is 15.1. The molecule has 0 N–H and O–H groups in total. The van der Waals surface area contributed by atoms with Gasteiger partial charge in [-0.2, -0.15) is 17.6 Å². The van der Waals surface area contributed by atoms with E-state index in [1.54, 1.807) is 6.07 Å². The lowest BCUT2D eigenvalue weighted by Crippen LogP contribution is -2.23. The SMILES string of the molecule is CCCC1CCC(c2ccc(-c3cc(F)c(OC(F)(F)C=C(F)F)c(F)c3)c(F)c2)OC1. The smallest absolute Gasteiger partial charge is 0.423 e. The highest BCUT2D eigenvalue weighted by Gasteiger charge is 2.33. The molecule has 1 aliphatic heterocycles. The molecule has 1 saturated heterocycles. The Labute approximate surface area is 180 Å². The van der Waals surface area contributed by atoms with Gasteiger partial charge in [-0.1, -0.05) is 25.5 Å². The van der Waals surface area contributed by atoms with Crippen molar-refractivity contribution in [3.8, 4) is 16.9 Å². The van der Waals surface area contributed by atoms with Gasteiger partial charge in [0.25, 0.3) is 6.08 Å². The molecule has 2 aromatic rings. The Morgan fingerprint density at radius 1 is 1.06 bits per heavy atom. The molecule has 2 aromatic carbocycles. The maximum absolute atomic E-state index is 14.7. The van der Waals surface area contributed by atoms with Crippen LogP contribution in [0.2, 0.25) is 0 Å². The quantitative estimate of drug-likeness (QED) is 0.391. The van der Waals surface area contributed by atoms with Crippen molar-refractivity contribution in [2.75, 3.05) is 6.61 Å². The van der Waals surface area contributed by atoms with E-state index < -0.39 is 41.5 Å². The van der Waals surface area contributed by atoms with Gasteiger partial charge in [-0.25, -0.2) is 13.2 Å². The van der Waals surface area contributed by atoms with Crippen LogP contribution in [0.5, 0.6) is 5.75 Å². The highest BCUT2D eigenvalue weighted by molar-refractivity contribution is 5.66. The molecule has 1 heterocycles. The van der Waals surface area contributed by atoms with Crippen LogP contribution in [0.1, 0.15) is 44.3 Å². The zero-order valence-corrected chi connectivity index (χ0v) is 17.1. The van der Waals surface area contributed by atoms with Crippen LogP contribution in [0, 0.1) is 23.4 Å². The van der Waals surface area contributed by atoms with Crippen molar-refractivity contribution in [1.29, 1.82) is 0 Å². The third-order valence-corrected chi connectivity index (χ3v) is 5.26. The number of benzene rings is 2. The molecule has 9 heteroatoms. The number of ether oxygens (including phenoxy) is 2. The van der Waals surface area contributed by atoms with Gasteiger partial charge in [0, 0.05) is 5.56 Å². The minimum Gasteiger partial charge on any atom is -0.423 e. The average Bonchev–Trinajstić information content (AvgIpc) is 2.70. The van der Waals surface area contributed by atoms with E-state index in [1.165, 1.54) is 12.1 Å². The fourth-order valence-corrected chi connectivity index (χ4v) is 3.78. The molecule has 0 aliphatic carbocycles. The molecule has 3 rings (SSSR count). The van der Waals surface area contributed by atoms with Crippen molar-refractivity contribution in [3.63, 3.8) is 0 Å². The molecule has 0 spiro atoms. The molecule has 0 aromatic heterocycles. The summed E-state index contributed by atoms with van der Waals surface area (Å²) in [6.45, 7) is 2.67. The summed E-state index contributed by atoms with van der Waals surface area (Å²) in [5.41, 5.74) is 0.153. The Bertz CT molecular complexity index is 955. The Balaban J connectivity index is 1.81. The van der Waals surface area contributed by atoms with Crippen molar-refractivity contribution in [2.45, 2.75) is 44.8 Å². The zero-order valence-electron chi connectivity index (χ0n) is 17.1. The van der Waals surface area contributed by atoms with Crippen LogP contribution in [0.4, 0.5) is 30.7 Å². The highest BCUT2D eigenvalue weighted by Crippen LogP contribution is 2.37. The van der Waals surface area contributed by atoms with E-state index in [0.717, 1.165) is 25.7 Å². The fourth-order valence-electron chi connectivity index (χ4n) is 3.78. The van der Waals surface area contributed by atoms with E-state index in [0.29, 0.717) is 30.2 Å². The second-order valence-corrected chi connectivity index (χ2v) is 7.66. The van der Waals surface area contributed by atoms with Gasteiger partial charge in [-0.3, -0.25) is 0 Å². The van der Waals surface area contributed by atoms with Crippen molar-refractivity contribution in [1.82, 2.24) is 0 Å². The summed E-state index contributed by atoms with van der Waals surface area (Å²) < 4.78 is 103. The molecule has 0 saturated carbocycles. The Kier molecular flexibility index (Phi) is 7.48. The van der Waals surface area contributed by atoms with Gasteiger partial charge in [0.1, 0.15) is 5.82 Å². The first-order valence-corrected chi connectivity index (χ1v) is 10.1. The normalized spacial score (nSPS) is 19.0. The Hall–Kier alpha value is -2.55. The minimum atomic E-state index is -4.63. The van der Waals surface area contributed by atoms with Crippen molar-refractivity contribution < 1.29 is 40.2 Å². The van der Waals surface area contributed by atoms with Gasteiger partial charge in [-0.15, -0.1) is 0 Å². The van der Waals surface area contributed by atoms with Gasteiger partial charge in [0.05, 0.1) is 18.8 Å². The molecule has 2 atom stereocenters. The van der Waals surface area contributed by atoms with E-state index in [9.17, 15) is 30.7 Å². The van der Waals surface area contributed by atoms with E-state index in [4.69, 9.17) is 4.74 Å². The Morgan fingerprint density at radius 2 is 1.75 bits per heavy atom. The predicted molar refractivity (Wildman–Crippen MR) is 104 cm³/mol. The summed E-state index contributed by atoms with van der Waals surface area (Å²) in [4.78, 5) is 0. The molecule has 2 nitrogen and oxygen atoms in total. The first kappa shape index (κ1) is 24.1. The van der Waals surface area contributed by atoms with Crippen LogP contribution in [0.15, 0.2) is 42.5 Å². The maximum Gasteiger partial charge on any atom is 0.425 e. The third kappa shape index (κ3) is 5.82. The minimum absolute atomic E-state index is 0.167. The number of rotatable bonds is 7. The lowest BCUT2D eigenvalue weighted by atomic mass is 9.91. The largest absolute Gasteiger partial charge is 0.425 e. The van der Waals surface area contributed by atoms with Crippen LogP contribution in [-0.2, 0) is 4.74 Å². The molecule has 0 amide bonds. The molecule has 1 aliphatic rings. The number of hydrogen-bond acceptors (Lipinski definition) is 2. The molecular formula is C23H21F7O2. The molecule has 0 radical (unpaired) electrons. The number of halogens is 7. The standard InChI is InChI=1S/C23H21F7O2/c1-2-3-13-4-7-20(31-12-13)14-5-6-16(17(24)8-14)15-9-18(25)22(19(26)10-15)32-23(29,30)11-21(27)28/h5-6,8-11,13,20H,2-4,7,12H2,1H3. The summed E-state index contributed by atoms with van der Waals surface area (Å²) in [6.07, 6.45) is -4.80. The summed E-state index contributed by atoms with van der Waals surface area (Å²) in [5, 5.41) is 0. The molecule has 1 fully saturated rings. The molecule has 174 valence electrons. The fraction of sp³-hybridized carbons (Fsp3) is 0.391. The number of hydrogen-bond donors (Lipinski definition) is 0. The van der Waals surface area contributed by atoms with Crippen LogP contribution in [0.25, 0.3) is 11.1 Å². The lowest BCUT2D eigenvalue weighted by molar-refractivity contribution is -0.137. The van der Waals surface area contributed by atoms with Gasteiger partial charge < -0.3 is 9.47 Å². The van der Waals surface area contributed by atoms with Crippen LogP contribution < -0.4 is 4.74 Å². The van der Waals surface area contributed by atoms with E-state index in [-0.39, 0.29) is 17.2 Å². The van der Waals surface area contributed by atoms with Crippen molar-refractivity contribution >= 4 is 0 Å². The summed E-state index contributed by atoms with van der Waals surface area (Å²) in [5.74, 6) is -5.04. The molecule has 0 bridgehead atoms. The van der Waals surface area contributed by atoms with Gasteiger partial charge >= 0.3 is 6.11 Å². The van der Waals surface area contributed by atoms with E-state index in [1.807, 2.05) is 0 Å². The molecule has 32 heavy (non-hydrogen) atoms.